The third-order valence-corrected chi connectivity index (χ3v) is 4.62. The number of H-pyrrole nitrogens is 1. The normalized spacial score (nSPS) is 16.8. The van der Waals surface area contributed by atoms with E-state index in [4.69, 9.17) is 0 Å². The Morgan fingerprint density at radius 1 is 1.16 bits per heavy atom. The van der Waals surface area contributed by atoms with Gasteiger partial charge < -0.3 is 9.88 Å². The molecule has 1 unspecified atom stereocenters. The molecule has 1 atom stereocenters. The first-order chi connectivity index (χ1) is 12.0. The first-order valence-electron chi connectivity index (χ1n) is 8.10. The third kappa shape index (κ3) is 2.61. The Balaban J connectivity index is 1.70. The third-order valence-electron chi connectivity index (χ3n) is 4.62. The van der Waals surface area contributed by atoms with Crippen LogP contribution in [0.1, 0.15) is 28.5 Å². The summed E-state index contributed by atoms with van der Waals surface area (Å²) in [6, 6.07) is 11.1. The van der Waals surface area contributed by atoms with Crippen molar-refractivity contribution >= 4 is 22.9 Å². The maximum Gasteiger partial charge on any atom is 0.258 e. The average molecular weight is 338 g/mol. The minimum absolute atomic E-state index is 0.114. The summed E-state index contributed by atoms with van der Waals surface area (Å²) in [7, 11) is 0. The molecule has 0 bridgehead atoms. The van der Waals surface area contributed by atoms with Crippen LogP contribution < -0.4 is 0 Å². The number of fused-ring (bicyclic) bond motifs is 3. The van der Waals surface area contributed by atoms with Crippen molar-refractivity contribution < 1.29 is 13.6 Å². The summed E-state index contributed by atoms with van der Waals surface area (Å²) in [5, 5.41) is 1.14. The van der Waals surface area contributed by atoms with Gasteiger partial charge in [0, 0.05) is 34.4 Å². The molecule has 1 amide bonds. The van der Waals surface area contributed by atoms with Crippen molar-refractivity contribution in [3.63, 3.8) is 0 Å². The summed E-state index contributed by atoms with van der Waals surface area (Å²) >= 11 is 0. The van der Waals surface area contributed by atoms with Crippen LogP contribution in [0.25, 0.3) is 17.0 Å². The van der Waals surface area contributed by atoms with Gasteiger partial charge >= 0.3 is 0 Å². The second kappa shape index (κ2) is 5.84. The molecule has 0 saturated heterocycles. The summed E-state index contributed by atoms with van der Waals surface area (Å²) in [6.45, 7) is 1.94. The van der Waals surface area contributed by atoms with Crippen molar-refractivity contribution in [2.24, 2.45) is 0 Å². The van der Waals surface area contributed by atoms with Gasteiger partial charge in [0.05, 0.1) is 0 Å². The highest BCUT2D eigenvalue weighted by Crippen LogP contribution is 2.29. The molecule has 0 saturated carbocycles. The molecule has 0 aliphatic carbocycles. The number of benzene rings is 2. The number of para-hydroxylation sites is 1. The first-order valence-corrected chi connectivity index (χ1v) is 8.10. The number of nitrogens with zero attached hydrogens (tertiary/aromatic N) is 1. The van der Waals surface area contributed by atoms with Crippen LogP contribution in [-0.4, -0.2) is 21.8 Å². The highest BCUT2D eigenvalue weighted by atomic mass is 19.2. The molecule has 2 heterocycles. The SMILES string of the molecule is CC1Cc2c([nH]c3ccccc23)C=CN1C(=O)c1ccc(F)c(F)c1. The Bertz CT molecular complexity index is 1010. The summed E-state index contributed by atoms with van der Waals surface area (Å²) in [5.41, 5.74) is 3.31. The zero-order valence-corrected chi connectivity index (χ0v) is 13.6. The molecule has 4 rings (SSSR count). The fourth-order valence-corrected chi connectivity index (χ4v) is 3.32. The Hall–Kier alpha value is -2.95. The number of rotatable bonds is 1. The van der Waals surface area contributed by atoms with Crippen LogP contribution >= 0.6 is 0 Å². The van der Waals surface area contributed by atoms with Crippen LogP contribution in [0.15, 0.2) is 48.7 Å². The van der Waals surface area contributed by atoms with Crippen LogP contribution in [0.3, 0.4) is 0 Å². The topological polar surface area (TPSA) is 36.1 Å². The first kappa shape index (κ1) is 15.6. The smallest absolute Gasteiger partial charge is 0.258 e. The second-order valence-corrected chi connectivity index (χ2v) is 6.27. The van der Waals surface area contributed by atoms with Crippen LogP contribution in [0.4, 0.5) is 8.78 Å². The molecule has 1 aromatic heterocycles. The summed E-state index contributed by atoms with van der Waals surface area (Å²) in [5.74, 6) is -2.33. The molecule has 3 nitrogen and oxygen atoms in total. The number of nitrogens with one attached hydrogen (secondary N) is 1. The van der Waals surface area contributed by atoms with E-state index in [-0.39, 0.29) is 17.5 Å². The number of halogens is 2. The zero-order chi connectivity index (χ0) is 17.6. The number of carbonyl (C=O) groups is 1. The van der Waals surface area contributed by atoms with Gasteiger partial charge in [-0.25, -0.2) is 8.78 Å². The minimum atomic E-state index is -1.02. The summed E-state index contributed by atoms with van der Waals surface area (Å²) < 4.78 is 26.6. The van der Waals surface area contributed by atoms with Crippen LogP contribution in [0.5, 0.6) is 0 Å². The fraction of sp³-hybridized carbons (Fsp3) is 0.150. The van der Waals surface area contributed by atoms with Crippen LogP contribution in [0.2, 0.25) is 0 Å². The van der Waals surface area contributed by atoms with Crippen LogP contribution in [0, 0.1) is 11.6 Å². The molecule has 1 aliphatic rings. The number of aromatic amines is 1. The number of hydrogen-bond acceptors (Lipinski definition) is 1. The van der Waals surface area contributed by atoms with Crippen molar-refractivity contribution in [3.05, 3.63) is 77.1 Å². The van der Waals surface area contributed by atoms with E-state index in [0.29, 0.717) is 6.42 Å². The van der Waals surface area contributed by atoms with Crippen LogP contribution in [-0.2, 0) is 6.42 Å². The molecule has 2 aromatic carbocycles. The molecule has 3 aromatic rings. The van der Waals surface area contributed by atoms with Gasteiger partial charge in [-0.1, -0.05) is 18.2 Å². The molecule has 126 valence electrons. The molecule has 0 radical (unpaired) electrons. The average Bonchev–Trinajstić information content (AvgIpc) is 2.86. The summed E-state index contributed by atoms with van der Waals surface area (Å²) in [6.07, 6.45) is 4.23. The van der Waals surface area contributed by atoms with Crippen molar-refractivity contribution in [1.29, 1.82) is 0 Å². The van der Waals surface area contributed by atoms with Gasteiger partial charge in [0.1, 0.15) is 0 Å². The van der Waals surface area contributed by atoms with E-state index in [9.17, 15) is 13.6 Å². The lowest BCUT2D eigenvalue weighted by Gasteiger charge is -2.24. The molecule has 1 N–H and O–H groups in total. The van der Waals surface area contributed by atoms with Gasteiger partial charge in [0.15, 0.2) is 11.6 Å². The standard InChI is InChI=1S/C20H16F2N2O/c1-12-10-15-14-4-2-3-5-18(14)23-19(15)8-9-24(12)20(25)13-6-7-16(21)17(22)11-13/h2-9,11-12,23H,10H2,1H3. The Kier molecular flexibility index (Phi) is 3.64. The van der Waals surface area contributed by atoms with E-state index in [0.717, 1.165) is 34.3 Å². The summed E-state index contributed by atoms with van der Waals surface area (Å²) in [4.78, 5) is 17.7. The van der Waals surface area contributed by atoms with Crippen molar-refractivity contribution in [2.75, 3.05) is 0 Å². The minimum Gasteiger partial charge on any atom is -0.355 e. The lowest BCUT2D eigenvalue weighted by molar-refractivity contribution is 0.0780. The van der Waals surface area contributed by atoms with Crippen molar-refractivity contribution in [2.45, 2.75) is 19.4 Å². The Morgan fingerprint density at radius 3 is 2.76 bits per heavy atom. The quantitative estimate of drug-likeness (QED) is 0.696. The maximum atomic E-state index is 13.5. The zero-order valence-electron chi connectivity index (χ0n) is 13.6. The van der Waals surface area contributed by atoms with Gasteiger partial charge in [-0.3, -0.25) is 4.79 Å². The highest BCUT2D eigenvalue weighted by molar-refractivity contribution is 5.96. The lowest BCUT2D eigenvalue weighted by atomic mass is 10.0. The number of hydrogen-bond donors (Lipinski definition) is 1. The second-order valence-electron chi connectivity index (χ2n) is 6.27. The highest BCUT2D eigenvalue weighted by Gasteiger charge is 2.25. The molecular formula is C20H16F2N2O. The molecule has 5 heteroatoms. The van der Waals surface area contributed by atoms with Crippen molar-refractivity contribution in [1.82, 2.24) is 9.88 Å². The van der Waals surface area contributed by atoms with Gasteiger partial charge in [-0.15, -0.1) is 0 Å². The van der Waals surface area contributed by atoms with E-state index in [1.54, 1.807) is 11.1 Å². The van der Waals surface area contributed by atoms with Crippen molar-refractivity contribution in [3.8, 4) is 0 Å². The lowest BCUT2D eigenvalue weighted by Crippen LogP contribution is -2.35. The molecule has 0 fully saturated rings. The van der Waals surface area contributed by atoms with E-state index >= 15 is 0 Å². The fourth-order valence-electron chi connectivity index (χ4n) is 3.32. The number of amides is 1. The number of aromatic nitrogens is 1. The maximum absolute atomic E-state index is 13.5. The van der Waals surface area contributed by atoms with Gasteiger partial charge in [-0.05, 0) is 49.2 Å². The Morgan fingerprint density at radius 2 is 1.96 bits per heavy atom. The Labute approximate surface area is 143 Å². The monoisotopic (exact) mass is 338 g/mol. The predicted molar refractivity (Wildman–Crippen MR) is 93.0 cm³/mol. The van der Waals surface area contributed by atoms with Gasteiger partial charge in [0.2, 0.25) is 0 Å². The van der Waals surface area contributed by atoms with Gasteiger partial charge in [0.25, 0.3) is 5.91 Å². The molecule has 25 heavy (non-hydrogen) atoms. The molecular weight excluding hydrogens is 322 g/mol. The molecule has 0 spiro atoms. The van der Waals surface area contributed by atoms with E-state index in [2.05, 4.69) is 11.1 Å². The largest absolute Gasteiger partial charge is 0.355 e. The molecule has 1 aliphatic heterocycles. The number of carbonyl (C=O) groups excluding carboxylic acids is 1. The van der Waals surface area contributed by atoms with Gasteiger partial charge in [-0.2, -0.15) is 0 Å². The van der Waals surface area contributed by atoms with E-state index in [1.165, 1.54) is 6.07 Å². The van der Waals surface area contributed by atoms with E-state index in [1.807, 2.05) is 31.2 Å². The van der Waals surface area contributed by atoms with E-state index < -0.39 is 11.6 Å². The predicted octanol–water partition coefficient (Wildman–Crippen LogP) is 4.50.